The van der Waals surface area contributed by atoms with E-state index in [0.29, 0.717) is 22.5 Å². The van der Waals surface area contributed by atoms with Crippen LogP contribution in [0.2, 0.25) is 5.02 Å². The number of aryl methyl sites for hydroxylation is 1. The molecule has 0 saturated heterocycles. The molecule has 0 bridgehead atoms. The maximum atomic E-state index is 13.5. The van der Waals surface area contributed by atoms with Crippen molar-refractivity contribution in [3.05, 3.63) is 34.7 Å². The van der Waals surface area contributed by atoms with Crippen molar-refractivity contribution >= 4 is 22.5 Å². The van der Waals surface area contributed by atoms with Crippen molar-refractivity contribution in [1.29, 1.82) is 0 Å². The molecule has 0 unspecified atom stereocenters. The predicted molar refractivity (Wildman–Crippen MR) is 52.6 cm³/mol. The molecule has 1 heterocycles. The van der Waals surface area contributed by atoms with E-state index in [-0.39, 0.29) is 5.82 Å². The lowest BCUT2D eigenvalue weighted by Crippen LogP contribution is -1.81. The molecule has 0 atom stereocenters. The van der Waals surface area contributed by atoms with Crippen molar-refractivity contribution in [3.8, 4) is 0 Å². The monoisotopic (exact) mass is 197 g/mol. The molecular formula is C10H9ClFN. The zero-order chi connectivity index (χ0) is 9.42. The van der Waals surface area contributed by atoms with Crippen LogP contribution in [-0.2, 0) is 6.42 Å². The van der Waals surface area contributed by atoms with Gasteiger partial charge in [0.15, 0.2) is 5.82 Å². The second kappa shape index (κ2) is 3.04. The van der Waals surface area contributed by atoms with Gasteiger partial charge in [-0.3, -0.25) is 0 Å². The fourth-order valence-electron chi connectivity index (χ4n) is 1.43. The molecule has 0 saturated carbocycles. The van der Waals surface area contributed by atoms with Gasteiger partial charge in [-0.15, -0.1) is 0 Å². The van der Waals surface area contributed by atoms with E-state index in [1.165, 1.54) is 0 Å². The summed E-state index contributed by atoms with van der Waals surface area (Å²) in [4.78, 5) is 3.01. The molecule has 0 aliphatic carbocycles. The third-order valence-corrected chi connectivity index (χ3v) is 2.36. The van der Waals surface area contributed by atoms with E-state index in [0.717, 1.165) is 5.52 Å². The lowest BCUT2D eigenvalue weighted by Gasteiger charge is -1.89. The van der Waals surface area contributed by atoms with Gasteiger partial charge in [0.05, 0.1) is 5.69 Å². The number of halogens is 2. The van der Waals surface area contributed by atoms with E-state index in [9.17, 15) is 4.39 Å². The summed E-state index contributed by atoms with van der Waals surface area (Å²) in [5, 5.41) is 1.14. The van der Waals surface area contributed by atoms with Crippen LogP contribution in [0.5, 0.6) is 0 Å². The van der Waals surface area contributed by atoms with Gasteiger partial charge < -0.3 is 4.98 Å². The number of aromatic amines is 1. The summed E-state index contributed by atoms with van der Waals surface area (Å²) < 4.78 is 13.5. The zero-order valence-electron chi connectivity index (χ0n) is 7.20. The number of hydrogen-bond donors (Lipinski definition) is 1. The minimum absolute atomic E-state index is 0.181. The predicted octanol–water partition coefficient (Wildman–Crippen LogP) is 3.52. The van der Waals surface area contributed by atoms with Gasteiger partial charge in [0.1, 0.15) is 0 Å². The summed E-state index contributed by atoms with van der Waals surface area (Å²) >= 11 is 5.76. The summed E-state index contributed by atoms with van der Waals surface area (Å²) in [5.41, 5.74) is 1.44. The Morgan fingerprint density at radius 1 is 1.46 bits per heavy atom. The number of fused-ring (bicyclic) bond motifs is 1. The number of aromatic nitrogens is 1. The minimum atomic E-state index is -0.181. The Kier molecular flexibility index (Phi) is 2.00. The van der Waals surface area contributed by atoms with Gasteiger partial charge in [0, 0.05) is 15.9 Å². The number of nitrogens with one attached hydrogen (secondary N) is 1. The third kappa shape index (κ3) is 1.31. The largest absolute Gasteiger partial charge is 0.356 e. The first kappa shape index (κ1) is 8.57. The molecule has 68 valence electrons. The molecule has 2 rings (SSSR count). The highest BCUT2D eigenvalue weighted by atomic mass is 35.5. The Balaban J connectivity index is 2.77. The second-order valence-electron chi connectivity index (χ2n) is 2.96. The Bertz CT molecular complexity index is 447. The first-order chi connectivity index (χ1) is 6.22. The van der Waals surface area contributed by atoms with E-state index in [4.69, 9.17) is 11.6 Å². The van der Waals surface area contributed by atoms with Gasteiger partial charge in [0.25, 0.3) is 0 Å². The van der Waals surface area contributed by atoms with Crippen molar-refractivity contribution in [2.45, 2.75) is 13.3 Å². The molecule has 2 aromatic rings. The van der Waals surface area contributed by atoms with Crippen molar-refractivity contribution in [2.24, 2.45) is 0 Å². The van der Waals surface area contributed by atoms with Crippen LogP contribution >= 0.6 is 11.6 Å². The van der Waals surface area contributed by atoms with Crippen LogP contribution in [0, 0.1) is 5.82 Å². The van der Waals surface area contributed by atoms with Gasteiger partial charge in [-0.05, 0) is 24.6 Å². The molecule has 0 fully saturated rings. The van der Waals surface area contributed by atoms with E-state index in [2.05, 4.69) is 4.98 Å². The fourth-order valence-corrected chi connectivity index (χ4v) is 1.60. The molecular weight excluding hydrogens is 189 g/mol. The van der Waals surface area contributed by atoms with Gasteiger partial charge in [-0.2, -0.15) is 0 Å². The molecule has 0 aliphatic heterocycles. The average Bonchev–Trinajstić information content (AvgIpc) is 2.44. The first-order valence-corrected chi connectivity index (χ1v) is 4.55. The number of hydrogen-bond acceptors (Lipinski definition) is 0. The number of benzene rings is 1. The summed E-state index contributed by atoms with van der Waals surface area (Å²) in [6, 6.07) is 5.18. The lowest BCUT2D eigenvalue weighted by atomic mass is 10.2. The Labute approximate surface area is 80.5 Å². The molecule has 13 heavy (non-hydrogen) atoms. The number of rotatable bonds is 1. The maximum absolute atomic E-state index is 13.5. The van der Waals surface area contributed by atoms with E-state index in [1.54, 1.807) is 18.2 Å². The van der Waals surface area contributed by atoms with Crippen LogP contribution in [0.15, 0.2) is 18.2 Å². The Hall–Kier alpha value is -1.02. The number of H-pyrrole nitrogens is 1. The van der Waals surface area contributed by atoms with Crippen molar-refractivity contribution in [3.63, 3.8) is 0 Å². The van der Waals surface area contributed by atoms with Crippen LogP contribution in [-0.4, -0.2) is 4.98 Å². The van der Waals surface area contributed by atoms with Crippen LogP contribution in [0.3, 0.4) is 0 Å². The minimum Gasteiger partial charge on any atom is -0.356 e. The summed E-state index contributed by atoms with van der Waals surface area (Å²) in [5.74, 6) is -0.181. The average molecular weight is 198 g/mol. The molecule has 1 aromatic heterocycles. The van der Waals surface area contributed by atoms with Gasteiger partial charge in [-0.1, -0.05) is 18.5 Å². The van der Waals surface area contributed by atoms with E-state index < -0.39 is 0 Å². The third-order valence-electron chi connectivity index (χ3n) is 2.12. The summed E-state index contributed by atoms with van der Waals surface area (Å²) in [6.45, 7) is 1.91. The summed E-state index contributed by atoms with van der Waals surface area (Å²) in [7, 11) is 0. The van der Waals surface area contributed by atoms with E-state index >= 15 is 0 Å². The Morgan fingerprint density at radius 2 is 2.23 bits per heavy atom. The topological polar surface area (TPSA) is 15.8 Å². The lowest BCUT2D eigenvalue weighted by molar-refractivity contribution is 0.622. The van der Waals surface area contributed by atoms with Crippen molar-refractivity contribution in [2.75, 3.05) is 0 Å². The molecule has 0 aliphatic rings. The second-order valence-corrected chi connectivity index (χ2v) is 3.40. The van der Waals surface area contributed by atoms with Crippen LogP contribution in [0.25, 0.3) is 10.9 Å². The highest BCUT2D eigenvalue weighted by molar-refractivity contribution is 6.31. The van der Waals surface area contributed by atoms with E-state index in [1.807, 2.05) is 6.92 Å². The van der Waals surface area contributed by atoms with Crippen LogP contribution in [0.1, 0.15) is 12.6 Å². The van der Waals surface area contributed by atoms with Crippen LogP contribution < -0.4 is 0 Å². The fraction of sp³-hybridized carbons (Fsp3) is 0.200. The molecule has 1 nitrogen and oxygen atoms in total. The highest BCUT2D eigenvalue weighted by Crippen LogP contribution is 2.24. The first-order valence-electron chi connectivity index (χ1n) is 4.18. The smallest absolute Gasteiger partial charge is 0.151 e. The Morgan fingerprint density at radius 3 is 2.92 bits per heavy atom. The van der Waals surface area contributed by atoms with Crippen molar-refractivity contribution < 1.29 is 4.39 Å². The standard InChI is InChI=1S/C10H9ClFN/c1-2-8-10(12)7-5-6(11)3-4-9(7)13-8/h3-5,13H,2H2,1H3. The van der Waals surface area contributed by atoms with Gasteiger partial charge >= 0.3 is 0 Å². The van der Waals surface area contributed by atoms with Crippen molar-refractivity contribution in [1.82, 2.24) is 4.98 Å². The van der Waals surface area contributed by atoms with Gasteiger partial charge in [0.2, 0.25) is 0 Å². The molecule has 1 N–H and O–H groups in total. The normalized spacial score (nSPS) is 11.0. The molecule has 0 spiro atoms. The summed E-state index contributed by atoms with van der Waals surface area (Å²) in [6.07, 6.45) is 0.665. The van der Waals surface area contributed by atoms with Gasteiger partial charge in [-0.25, -0.2) is 4.39 Å². The molecule has 3 heteroatoms. The van der Waals surface area contributed by atoms with Crippen LogP contribution in [0.4, 0.5) is 4.39 Å². The quantitative estimate of drug-likeness (QED) is 0.720. The maximum Gasteiger partial charge on any atom is 0.151 e. The SMILES string of the molecule is CCc1[nH]c2ccc(Cl)cc2c1F. The zero-order valence-corrected chi connectivity index (χ0v) is 7.95. The molecule has 1 aromatic carbocycles. The molecule has 0 amide bonds. The highest BCUT2D eigenvalue weighted by Gasteiger charge is 2.09. The molecule has 0 radical (unpaired) electrons.